The highest BCUT2D eigenvalue weighted by atomic mass is 16.6. The fraction of sp³-hybridized carbons (Fsp3) is 0.250. The Morgan fingerprint density at radius 1 is 1.50 bits per heavy atom. The topological polar surface area (TPSA) is 88.0 Å². The van der Waals surface area contributed by atoms with Crippen molar-refractivity contribution in [3.63, 3.8) is 0 Å². The molecular formula is C12H12N2O4. The molecule has 0 saturated carbocycles. The van der Waals surface area contributed by atoms with Gasteiger partial charge in [0.1, 0.15) is 0 Å². The van der Waals surface area contributed by atoms with Crippen LogP contribution in [0, 0.1) is 6.92 Å². The summed E-state index contributed by atoms with van der Waals surface area (Å²) in [6, 6.07) is 7.29. The lowest BCUT2D eigenvalue weighted by Gasteiger charge is -2.09. The minimum Gasteiger partial charge on any atom is -0.477 e. The molecule has 18 heavy (non-hydrogen) atoms. The molecule has 1 atom stereocenters. The van der Waals surface area contributed by atoms with Gasteiger partial charge in [-0.05, 0) is 24.6 Å². The van der Waals surface area contributed by atoms with Crippen LogP contribution in [0.25, 0.3) is 0 Å². The molecule has 1 aliphatic rings. The van der Waals surface area contributed by atoms with Crippen LogP contribution in [-0.4, -0.2) is 28.8 Å². The number of benzene rings is 1. The molecule has 1 aliphatic heterocycles. The number of oxime groups is 1. The first-order chi connectivity index (χ1) is 8.56. The van der Waals surface area contributed by atoms with E-state index in [1.165, 1.54) is 0 Å². The normalized spacial score (nSPS) is 17.8. The van der Waals surface area contributed by atoms with E-state index < -0.39 is 18.0 Å². The van der Waals surface area contributed by atoms with Gasteiger partial charge in [0.15, 0.2) is 5.71 Å². The second kappa shape index (κ2) is 4.87. The zero-order chi connectivity index (χ0) is 13.1. The summed E-state index contributed by atoms with van der Waals surface area (Å²) < 4.78 is 0. The first kappa shape index (κ1) is 12.1. The molecule has 0 fully saturated rings. The standard InChI is InChI=1S/C12H12N2O4/c1-7-3-2-4-8(5-7)13-11(15)10-6-9(12(16)17)14-18-10/h2-5,10H,6H2,1H3,(H,13,15)(H,16,17). The molecule has 2 N–H and O–H groups in total. The molecule has 1 heterocycles. The summed E-state index contributed by atoms with van der Waals surface area (Å²) >= 11 is 0. The number of amides is 1. The van der Waals surface area contributed by atoms with Crippen LogP contribution < -0.4 is 5.32 Å². The largest absolute Gasteiger partial charge is 0.477 e. The Morgan fingerprint density at radius 2 is 2.28 bits per heavy atom. The van der Waals surface area contributed by atoms with Crippen LogP contribution in [0.2, 0.25) is 0 Å². The SMILES string of the molecule is Cc1cccc(NC(=O)C2CC(C(=O)O)=NO2)c1. The van der Waals surface area contributed by atoms with Crippen molar-refractivity contribution in [3.8, 4) is 0 Å². The highest BCUT2D eigenvalue weighted by Crippen LogP contribution is 2.15. The maximum absolute atomic E-state index is 11.8. The Balaban J connectivity index is 1.96. The van der Waals surface area contributed by atoms with Crippen molar-refractivity contribution in [2.45, 2.75) is 19.4 Å². The Kier molecular flexibility index (Phi) is 3.27. The number of carboxylic acid groups (broad SMARTS) is 1. The summed E-state index contributed by atoms with van der Waals surface area (Å²) in [4.78, 5) is 27.2. The average molecular weight is 248 g/mol. The van der Waals surface area contributed by atoms with E-state index in [1.54, 1.807) is 6.07 Å². The van der Waals surface area contributed by atoms with E-state index in [2.05, 4.69) is 10.5 Å². The zero-order valence-corrected chi connectivity index (χ0v) is 9.71. The van der Waals surface area contributed by atoms with E-state index in [-0.39, 0.29) is 12.1 Å². The Morgan fingerprint density at radius 3 is 2.89 bits per heavy atom. The van der Waals surface area contributed by atoms with Gasteiger partial charge in [0.25, 0.3) is 5.91 Å². The quantitative estimate of drug-likeness (QED) is 0.840. The Bertz CT molecular complexity index is 525. The number of rotatable bonds is 3. The van der Waals surface area contributed by atoms with Crippen molar-refractivity contribution < 1.29 is 19.5 Å². The van der Waals surface area contributed by atoms with Gasteiger partial charge in [-0.3, -0.25) is 4.79 Å². The lowest BCUT2D eigenvalue weighted by Crippen LogP contribution is -2.28. The van der Waals surface area contributed by atoms with Crippen molar-refractivity contribution in [2.75, 3.05) is 5.32 Å². The van der Waals surface area contributed by atoms with Gasteiger partial charge >= 0.3 is 5.97 Å². The number of nitrogens with one attached hydrogen (secondary N) is 1. The molecule has 94 valence electrons. The summed E-state index contributed by atoms with van der Waals surface area (Å²) in [5, 5.41) is 14.7. The average Bonchev–Trinajstić information content (AvgIpc) is 2.78. The first-order valence-electron chi connectivity index (χ1n) is 5.40. The summed E-state index contributed by atoms with van der Waals surface area (Å²) in [7, 11) is 0. The maximum Gasteiger partial charge on any atom is 0.353 e. The maximum atomic E-state index is 11.8. The second-order valence-corrected chi connectivity index (χ2v) is 4.00. The van der Waals surface area contributed by atoms with Crippen molar-refractivity contribution >= 4 is 23.3 Å². The number of hydrogen-bond donors (Lipinski definition) is 2. The number of carbonyl (C=O) groups excluding carboxylic acids is 1. The van der Waals surface area contributed by atoms with E-state index in [9.17, 15) is 9.59 Å². The lowest BCUT2D eigenvalue weighted by molar-refractivity contribution is -0.129. The minimum absolute atomic E-state index is 0.0209. The molecule has 6 heteroatoms. The molecule has 1 aromatic carbocycles. The van der Waals surface area contributed by atoms with Crippen LogP contribution in [0.3, 0.4) is 0 Å². The van der Waals surface area contributed by atoms with Crippen molar-refractivity contribution in [3.05, 3.63) is 29.8 Å². The minimum atomic E-state index is -1.17. The third-order valence-electron chi connectivity index (χ3n) is 2.49. The van der Waals surface area contributed by atoms with E-state index >= 15 is 0 Å². The summed E-state index contributed by atoms with van der Waals surface area (Å²) in [5.41, 5.74) is 1.52. The molecule has 0 saturated heterocycles. The highest BCUT2D eigenvalue weighted by Gasteiger charge is 2.31. The number of aliphatic carboxylic acids is 1. The smallest absolute Gasteiger partial charge is 0.353 e. The van der Waals surface area contributed by atoms with E-state index in [1.807, 2.05) is 25.1 Å². The fourth-order valence-electron chi connectivity index (χ4n) is 1.59. The third-order valence-corrected chi connectivity index (χ3v) is 2.49. The van der Waals surface area contributed by atoms with Gasteiger partial charge in [0.2, 0.25) is 6.10 Å². The monoisotopic (exact) mass is 248 g/mol. The molecule has 1 unspecified atom stereocenters. The first-order valence-corrected chi connectivity index (χ1v) is 5.40. The predicted molar refractivity (Wildman–Crippen MR) is 64.4 cm³/mol. The molecular weight excluding hydrogens is 236 g/mol. The summed E-state index contributed by atoms with van der Waals surface area (Å²) in [6.07, 6.45) is -0.899. The molecule has 6 nitrogen and oxygen atoms in total. The number of carboxylic acids is 1. The predicted octanol–water partition coefficient (Wildman–Crippen LogP) is 1.16. The third kappa shape index (κ3) is 2.65. The second-order valence-electron chi connectivity index (χ2n) is 4.00. The van der Waals surface area contributed by atoms with Crippen LogP contribution in [0.15, 0.2) is 29.4 Å². The van der Waals surface area contributed by atoms with E-state index in [4.69, 9.17) is 9.94 Å². The highest BCUT2D eigenvalue weighted by molar-refractivity contribution is 6.36. The molecule has 0 bridgehead atoms. The number of aryl methyl sites for hydroxylation is 1. The molecule has 0 aliphatic carbocycles. The Hall–Kier alpha value is -2.37. The molecule has 0 aromatic heterocycles. The van der Waals surface area contributed by atoms with Crippen LogP contribution in [-0.2, 0) is 14.4 Å². The molecule has 0 radical (unpaired) electrons. The molecule has 2 rings (SSSR count). The van der Waals surface area contributed by atoms with Crippen molar-refractivity contribution in [1.82, 2.24) is 0 Å². The van der Waals surface area contributed by atoms with Crippen LogP contribution in [0.4, 0.5) is 5.69 Å². The number of nitrogens with zero attached hydrogens (tertiary/aromatic N) is 1. The Labute approximate surface area is 103 Å². The van der Waals surface area contributed by atoms with E-state index in [0.29, 0.717) is 5.69 Å². The van der Waals surface area contributed by atoms with Gasteiger partial charge in [-0.2, -0.15) is 0 Å². The van der Waals surface area contributed by atoms with Crippen LogP contribution in [0.5, 0.6) is 0 Å². The molecule has 1 amide bonds. The van der Waals surface area contributed by atoms with Gasteiger partial charge in [-0.1, -0.05) is 17.3 Å². The number of carbonyl (C=O) groups is 2. The van der Waals surface area contributed by atoms with Crippen molar-refractivity contribution in [2.24, 2.45) is 5.16 Å². The van der Waals surface area contributed by atoms with Gasteiger partial charge in [-0.15, -0.1) is 0 Å². The lowest BCUT2D eigenvalue weighted by atomic mass is 10.1. The van der Waals surface area contributed by atoms with Gasteiger partial charge in [0.05, 0.1) is 0 Å². The van der Waals surface area contributed by atoms with Crippen LogP contribution in [0.1, 0.15) is 12.0 Å². The van der Waals surface area contributed by atoms with Gasteiger partial charge in [-0.25, -0.2) is 4.79 Å². The van der Waals surface area contributed by atoms with Crippen LogP contribution >= 0.6 is 0 Å². The van der Waals surface area contributed by atoms with E-state index in [0.717, 1.165) is 5.56 Å². The summed E-state index contributed by atoms with van der Waals surface area (Å²) in [5.74, 6) is -1.57. The number of hydrogen-bond acceptors (Lipinski definition) is 4. The zero-order valence-electron chi connectivity index (χ0n) is 9.71. The number of anilines is 1. The van der Waals surface area contributed by atoms with Crippen molar-refractivity contribution in [1.29, 1.82) is 0 Å². The molecule has 0 spiro atoms. The van der Waals surface area contributed by atoms with Gasteiger partial charge in [0, 0.05) is 12.1 Å². The van der Waals surface area contributed by atoms with Gasteiger partial charge < -0.3 is 15.3 Å². The fourth-order valence-corrected chi connectivity index (χ4v) is 1.59. The summed E-state index contributed by atoms with van der Waals surface area (Å²) in [6.45, 7) is 1.91. The molecule has 1 aromatic rings.